The summed E-state index contributed by atoms with van der Waals surface area (Å²) in [7, 11) is 0. The van der Waals surface area contributed by atoms with Gasteiger partial charge >= 0.3 is 5.97 Å². The molecule has 1 heterocycles. The predicted molar refractivity (Wildman–Crippen MR) is 56.9 cm³/mol. The van der Waals surface area contributed by atoms with Crippen LogP contribution in [0.1, 0.15) is 41.3 Å². The molecule has 0 spiro atoms. The molecular weight excluding hydrogens is 204 g/mol. The van der Waals surface area contributed by atoms with Crippen LogP contribution in [-0.4, -0.2) is 11.8 Å². The van der Waals surface area contributed by atoms with E-state index in [0.717, 1.165) is 18.4 Å². The van der Waals surface area contributed by atoms with Crippen LogP contribution in [0, 0.1) is 5.92 Å². The van der Waals surface area contributed by atoms with Crippen LogP contribution < -0.4 is 0 Å². The van der Waals surface area contributed by atoms with Gasteiger partial charge in [-0.3, -0.25) is 4.79 Å². The van der Waals surface area contributed by atoms with Crippen LogP contribution in [0.5, 0.6) is 0 Å². The maximum absolute atomic E-state index is 11.7. The SMILES string of the molecule is O=C1O[C@H](CC(=O)C2CC2)c2ccccc21. The second kappa shape index (κ2) is 3.44. The standard InChI is InChI=1S/C13H12O3/c14-11(8-5-6-8)7-12-9-3-1-2-4-10(9)13(15)16-12/h1-4,8,12H,5-7H2/t12-/m1/s1. The van der Waals surface area contributed by atoms with E-state index in [0.29, 0.717) is 12.0 Å². The number of benzene rings is 1. The van der Waals surface area contributed by atoms with Crippen molar-refractivity contribution < 1.29 is 14.3 Å². The molecule has 1 atom stereocenters. The minimum Gasteiger partial charge on any atom is -0.453 e. The summed E-state index contributed by atoms with van der Waals surface area (Å²) >= 11 is 0. The summed E-state index contributed by atoms with van der Waals surface area (Å²) in [6, 6.07) is 7.30. The van der Waals surface area contributed by atoms with E-state index in [1.807, 2.05) is 18.2 Å². The summed E-state index contributed by atoms with van der Waals surface area (Å²) in [5, 5.41) is 0. The van der Waals surface area contributed by atoms with Gasteiger partial charge in [-0.25, -0.2) is 4.79 Å². The smallest absolute Gasteiger partial charge is 0.339 e. The molecule has 0 saturated heterocycles. The fourth-order valence-corrected chi connectivity index (χ4v) is 2.13. The molecular formula is C13H12O3. The molecule has 16 heavy (non-hydrogen) atoms. The molecule has 1 aliphatic heterocycles. The molecule has 2 aliphatic rings. The molecule has 0 bridgehead atoms. The molecule has 1 aromatic rings. The summed E-state index contributed by atoms with van der Waals surface area (Å²) in [5.41, 5.74) is 1.47. The zero-order chi connectivity index (χ0) is 11.1. The molecule has 0 radical (unpaired) electrons. The van der Waals surface area contributed by atoms with Crippen molar-refractivity contribution >= 4 is 11.8 Å². The first-order chi connectivity index (χ1) is 7.75. The lowest BCUT2D eigenvalue weighted by molar-refractivity contribution is -0.122. The van der Waals surface area contributed by atoms with Gasteiger partial charge in [0, 0.05) is 17.9 Å². The number of carbonyl (C=O) groups is 2. The van der Waals surface area contributed by atoms with Gasteiger partial charge < -0.3 is 4.74 Å². The van der Waals surface area contributed by atoms with Gasteiger partial charge in [0.2, 0.25) is 0 Å². The number of esters is 1. The van der Waals surface area contributed by atoms with Gasteiger partial charge in [-0.1, -0.05) is 18.2 Å². The fraction of sp³-hybridized carbons (Fsp3) is 0.385. The number of Topliss-reactive ketones (excluding diaryl/α,β-unsaturated/α-hetero) is 1. The summed E-state index contributed by atoms with van der Waals surface area (Å²) < 4.78 is 5.22. The van der Waals surface area contributed by atoms with Crippen LogP contribution in [0.3, 0.4) is 0 Å². The molecule has 0 N–H and O–H groups in total. The average molecular weight is 216 g/mol. The Hall–Kier alpha value is -1.64. The molecule has 1 aromatic carbocycles. The van der Waals surface area contributed by atoms with Crippen molar-refractivity contribution in [2.24, 2.45) is 5.92 Å². The van der Waals surface area contributed by atoms with E-state index in [2.05, 4.69) is 0 Å². The molecule has 1 aliphatic carbocycles. The van der Waals surface area contributed by atoms with Crippen molar-refractivity contribution in [3.63, 3.8) is 0 Å². The van der Waals surface area contributed by atoms with Gasteiger partial charge in [-0.15, -0.1) is 0 Å². The lowest BCUT2D eigenvalue weighted by Gasteiger charge is -2.08. The van der Waals surface area contributed by atoms with Crippen LogP contribution in [0.15, 0.2) is 24.3 Å². The van der Waals surface area contributed by atoms with Gasteiger partial charge in [-0.2, -0.15) is 0 Å². The van der Waals surface area contributed by atoms with Crippen LogP contribution in [-0.2, 0) is 9.53 Å². The van der Waals surface area contributed by atoms with E-state index in [1.54, 1.807) is 6.07 Å². The fourth-order valence-electron chi connectivity index (χ4n) is 2.13. The van der Waals surface area contributed by atoms with E-state index in [1.165, 1.54) is 0 Å². The van der Waals surface area contributed by atoms with E-state index in [4.69, 9.17) is 4.74 Å². The summed E-state index contributed by atoms with van der Waals surface area (Å²) in [4.78, 5) is 23.2. The first-order valence-corrected chi connectivity index (χ1v) is 5.58. The first kappa shape index (κ1) is 9.58. The van der Waals surface area contributed by atoms with E-state index in [-0.39, 0.29) is 23.8 Å². The minimum absolute atomic E-state index is 0.228. The van der Waals surface area contributed by atoms with Crippen LogP contribution in [0.2, 0.25) is 0 Å². The third-order valence-electron chi connectivity index (χ3n) is 3.20. The molecule has 3 rings (SSSR count). The summed E-state index contributed by atoms with van der Waals surface area (Å²) in [6.07, 6.45) is 1.99. The van der Waals surface area contributed by atoms with E-state index < -0.39 is 0 Å². The topological polar surface area (TPSA) is 43.4 Å². The Morgan fingerprint density at radius 2 is 2.06 bits per heavy atom. The van der Waals surface area contributed by atoms with Crippen LogP contribution in [0.25, 0.3) is 0 Å². The second-order valence-corrected chi connectivity index (χ2v) is 4.43. The van der Waals surface area contributed by atoms with Gasteiger partial charge in [-0.05, 0) is 18.9 Å². The quantitative estimate of drug-likeness (QED) is 0.728. The lowest BCUT2D eigenvalue weighted by Crippen LogP contribution is -2.08. The highest BCUT2D eigenvalue weighted by atomic mass is 16.5. The number of cyclic esters (lactones) is 1. The van der Waals surface area contributed by atoms with Crippen molar-refractivity contribution in [3.05, 3.63) is 35.4 Å². The minimum atomic E-state index is -0.350. The number of hydrogen-bond donors (Lipinski definition) is 0. The number of ketones is 1. The van der Waals surface area contributed by atoms with Gasteiger partial charge in [0.05, 0.1) is 5.56 Å². The van der Waals surface area contributed by atoms with Crippen molar-refractivity contribution in [1.29, 1.82) is 0 Å². The van der Waals surface area contributed by atoms with Gasteiger partial charge in [0.25, 0.3) is 0 Å². The Labute approximate surface area is 93.4 Å². The Morgan fingerprint density at radius 1 is 1.31 bits per heavy atom. The first-order valence-electron chi connectivity index (χ1n) is 5.58. The number of ether oxygens (including phenoxy) is 1. The highest BCUT2D eigenvalue weighted by molar-refractivity contribution is 5.95. The molecule has 3 nitrogen and oxygen atoms in total. The van der Waals surface area contributed by atoms with E-state index >= 15 is 0 Å². The monoisotopic (exact) mass is 216 g/mol. The van der Waals surface area contributed by atoms with Crippen molar-refractivity contribution in [2.45, 2.75) is 25.4 Å². The third kappa shape index (κ3) is 1.52. The summed E-state index contributed by atoms with van der Waals surface area (Å²) in [5.74, 6) is 0.158. The molecule has 82 valence electrons. The van der Waals surface area contributed by atoms with Gasteiger partial charge in [0.15, 0.2) is 0 Å². The number of hydrogen-bond acceptors (Lipinski definition) is 3. The zero-order valence-electron chi connectivity index (χ0n) is 8.81. The third-order valence-corrected chi connectivity index (χ3v) is 3.20. The Balaban J connectivity index is 1.82. The normalized spacial score (nSPS) is 22.8. The Morgan fingerprint density at radius 3 is 2.81 bits per heavy atom. The zero-order valence-corrected chi connectivity index (χ0v) is 8.81. The van der Waals surface area contributed by atoms with Crippen molar-refractivity contribution in [1.82, 2.24) is 0 Å². The van der Waals surface area contributed by atoms with Gasteiger partial charge in [0.1, 0.15) is 11.9 Å². The highest BCUT2D eigenvalue weighted by Gasteiger charge is 2.36. The van der Waals surface area contributed by atoms with Crippen molar-refractivity contribution in [2.75, 3.05) is 0 Å². The molecule has 0 aromatic heterocycles. The highest BCUT2D eigenvalue weighted by Crippen LogP contribution is 2.37. The van der Waals surface area contributed by atoms with Crippen LogP contribution >= 0.6 is 0 Å². The predicted octanol–water partition coefficient (Wildman–Crippen LogP) is 2.27. The Kier molecular flexibility index (Phi) is 2.06. The molecule has 1 fully saturated rings. The molecule has 0 amide bonds. The number of rotatable bonds is 3. The number of fused-ring (bicyclic) bond motifs is 1. The number of carbonyl (C=O) groups excluding carboxylic acids is 2. The maximum atomic E-state index is 11.7. The average Bonchev–Trinajstić information content (AvgIpc) is 3.08. The maximum Gasteiger partial charge on any atom is 0.339 e. The Bertz CT molecular complexity index is 460. The molecule has 1 saturated carbocycles. The summed E-state index contributed by atoms with van der Waals surface area (Å²) in [6.45, 7) is 0. The van der Waals surface area contributed by atoms with Crippen molar-refractivity contribution in [3.8, 4) is 0 Å². The lowest BCUT2D eigenvalue weighted by atomic mass is 10.0. The second-order valence-electron chi connectivity index (χ2n) is 4.43. The van der Waals surface area contributed by atoms with E-state index in [9.17, 15) is 9.59 Å². The largest absolute Gasteiger partial charge is 0.453 e. The molecule has 3 heteroatoms. The van der Waals surface area contributed by atoms with Crippen LogP contribution in [0.4, 0.5) is 0 Å². The molecule has 0 unspecified atom stereocenters.